The number of aromatic nitrogens is 1. The summed E-state index contributed by atoms with van der Waals surface area (Å²) in [5.41, 5.74) is 3.02. The van der Waals surface area contributed by atoms with Gasteiger partial charge in [0, 0.05) is 11.1 Å². The molecule has 0 atom stereocenters. The Hall–Kier alpha value is -3.51. The van der Waals surface area contributed by atoms with E-state index in [1.807, 2.05) is 73.0 Å². The molecule has 1 amide bonds. The Morgan fingerprint density at radius 3 is 2.57 bits per heavy atom. The first kappa shape index (κ1) is 19.8. The fourth-order valence-electron chi connectivity index (χ4n) is 3.01. The molecule has 1 N–H and O–H groups in total. The summed E-state index contributed by atoms with van der Waals surface area (Å²) in [5, 5.41) is 7.40. The first-order chi connectivity index (χ1) is 14.6. The van der Waals surface area contributed by atoms with Crippen LogP contribution < -0.4 is 5.32 Å². The summed E-state index contributed by atoms with van der Waals surface area (Å²) >= 11 is 1.38. The molecule has 0 fully saturated rings. The minimum atomic E-state index is -0.396. The number of nitrogens with one attached hydrogen (secondary N) is 1. The predicted molar refractivity (Wildman–Crippen MR) is 119 cm³/mol. The normalized spacial score (nSPS) is 10.7. The van der Waals surface area contributed by atoms with Gasteiger partial charge >= 0.3 is 5.97 Å². The van der Waals surface area contributed by atoms with Crippen LogP contribution in [0.25, 0.3) is 10.8 Å². The molecule has 0 saturated carbocycles. The van der Waals surface area contributed by atoms with Crippen LogP contribution in [0.2, 0.25) is 0 Å². The van der Waals surface area contributed by atoms with Gasteiger partial charge in [0.2, 0.25) is 5.91 Å². The summed E-state index contributed by atoms with van der Waals surface area (Å²) in [5.74, 6) is -0.527. The van der Waals surface area contributed by atoms with Crippen LogP contribution in [0, 0.1) is 6.92 Å². The second kappa shape index (κ2) is 8.88. The average molecular weight is 417 g/mol. The van der Waals surface area contributed by atoms with E-state index in [-0.39, 0.29) is 18.9 Å². The fourth-order valence-corrected chi connectivity index (χ4v) is 3.79. The first-order valence-corrected chi connectivity index (χ1v) is 10.4. The van der Waals surface area contributed by atoms with Crippen molar-refractivity contribution in [1.29, 1.82) is 0 Å². The van der Waals surface area contributed by atoms with E-state index in [2.05, 4.69) is 10.3 Å². The molecule has 0 aliphatic carbocycles. The van der Waals surface area contributed by atoms with Crippen LogP contribution in [0.5, 0.6) is 0 Å². The molecule has 150 valence electrons. The Labute approximate surface area is 178 Å². The lowest BCUT2D eigenvalue weighted by Crippen LogP contribution is -2.14. The average Bonchev–Trinajstić information content (AvgIpc) is 3.20. The molecule has 0 saturated heterocycles. The van der Waals surface area contributed by atoms with Crippen molar-refractivity contribution >= 4 is 39.7 Å². The van der Waals surface area contributed by atoms with Gasteiger partial charge in [-0.05, 0) is 42.0 Å². The maximum absolute atomic E-state index is 12.4. The molecule has 5 nitrogen and oxygen atoms in total. The highest BCUT2D eigenvalue weighted by Gasteiger charge is 2.12. The smallest absolute Gasteiger partial charge is 0.338 e. The quantitative estimate of drug-likeness (QED) is 0.442. The molecule has 4 aromatic rings. The van der Waals surface area contributed by atoms with E-state index in [9.17, 15) is 9.59 Å². The number of thiazole rings is 1. The number of rotatable bonds is 6. The van der Waals surface area contributed by atoms with E-state index in [0.29, 0.717) is 16.3 Å². The molecule has 0 radical (unpaired) electrons. The maximum Gasteiger partial charge on any atom is 0.338 e. The minimum absolute atomic E-state index is 0.0712. The number of nitrogens with zero attached hydrogens (tertiary/aromatic N) is 1. The molecule has 30 heavy (non-hydrogen) atoms. The molecular formula is C24H20N2O3S. The molecule has 0 aliphatic heterocycles. The molecule has 6 heteroatoms. The Balaban J connectivity index is 1.32. The molecular weight excluding hydrogens is 396 g/mol. The number of hydrogen-bond donors (Lipinski definition) is 1. The van der Waals surface area contributed by atoms with Crippen LogP contribution >= 0.6 is 11.3 Å². The maximum atomic E-state index is 12.4. The van der Waals surface area contributed by atoms with Crippen LogP contribution in [-0.4, -0.2) is 16.9 Å². The lowest BCUT2D eigenvalue weighted by molar-refractivity contribution is -0.115. The van der Waals surface area contributed by atoms with Crippen LogP contribution in [0.4, 0.5) is 5.69 Å². The summed E-state index contributed by atoms with van der Waals surface area (Å²) in [4.78, 5) is 29.0. The number of fused-ring (bicyclic) bond motifs is 1. The van der Waals surface area contributed by atoms with Crippen molar-refractivity contribution < 1.29 is 14.3 Å². The summed E-state index contributed by atoms with van der Waals surface area (Å²) in [7, 11) is 0. The highest BCUT2D eigenvalue weighted by atomic mass is 32.1. The highest BCUT2D eigenvalue weighted by Crippen LogP contribution is 2.18. The van der Waals surface area contributed by atoms with Crippen molar-refractivity contribution in [2.24, 2.45) is 0 Å². The zero-order chi connectivity index (χ0) is 20.9. The number of amides is 1. The van der Waals surface area contributed by atoms with Gasteiger partial charge < -0.3 is 10.1 Å². The highest BCUT2D eigenvalue weighted by molar-refractivity contribution is 7.09. The van der Waals surface area contributed by atoms with Gasteiger partial charge in [0.25, 0.3) is 0 Å². The molecule has 1 heterocycles. The molecule has 3 aromatic carbocycles. The van der Waals surface area contributed by atoms with Crippen LogP contribution in [0.3, 0.4) is 0 Å². The number of carbonyl (C=O) groups is 2. The van der Waals surface area contributed by atoms with Gasteiger partial charge in [0.1, 0.15) is 11.6 Å². The van der Waals surface area contributed by atoms with Crippen molar-refractivity contribution in [3.8, 4) is 0 Å². The SMILES string of the molecule is Cc1ccc(NC(=O)Cc2nc(COC(=O)c3ccc4ccccc4c3)cs2)cc1. The van der Waals surface area contributed by atoms with Gasteiger partial charge in [-0.25, -0.2) is 9.78 Å². The number of benzene rings is 3. The number of esters is 1. The largest absolute Gasteiger partial charge is 0.456 e. The van der Waals surface area contributed by atoms with E-state index in [0.717, 1.165) is 22.0 Å². The van der Waals surface area contributed by atoms with Gasteiger partial charge in [-0.3, -0.25) is 4.79 Å². The Kier molecular flexibility index (Phi) is 5.86. The second-order valence-electron chi connectivity index (χ2n) is 6.96. The van der Waals surface area contributed by atoms with Crippen molar-refractivity contribution in [1.82, 2.24) is 4.98 Å². The van der Waals surface area contributed by atoms with Crippen molar-refractivity contribution in [2.45, 2.75) is 20.0 Å². The van der Waals surface area contributed by atoms with Gasteiger partial charge in [-0.15, -0.1) is 11.3 Å². The molecule has 0 bridgehead atoms. The zero-order valence-electron chi connectivity index (χ0n) is 16.4. The summed E-state index contributed by atoms with van der Waals surface area (Å²) in [6.07, 6.45) is 0.178. The lowest BCUT2D eigenvalue weighted by atomic mass is 10.1. The van der Waals surface area contributed by atoms with E-state index in [1.54, 1.807) is 6.07 Å². The van der Waals surface area contributed by atoms with Crippen molar-refractivity contribution in [2.75, 3.05) is 5.32 Å². The number of ether oxygens (including phenoxy) is 1. The summed E-state index contributed by atoms with van der Waals surface area (Å²) in [6, 6.07) is 21.0. The third kappa shape index (κ3) is 4.90. The molecule has 4 rings (SSSR count). The van der Waals surface area contributed by atoms with Crippen molar-refractivity contribution in [3.63, 3.8) is 0 Å². The van der Waals surface area contributed by atoms with E-state index in [1.165, 1.54) is 11.3 Å². The molecule has 1 aromatic heterocycles. The zero-order valence-corrected chi connectivity index (χ0v) is 17.2. The number of aryl methyl sites for hydroxylation is 1. The Morgan fingerprint density at radius 2 is 1.77 bits per heavy atom. The van der Waals surface area contributed by atoms with Crippen LogP contribution in [-0.2, 0) is 22.6 Å². The number of carbonyl (C=O) groups excluding carboxylic acids is 2. The van der Waals surface area contributed by atoms with E-state index < -0.39 is 5.97 Å². The first-order valence-electron chi connectivity index (χ1n) is 9.52. The molecule has 0 spiro atoms. The third-order valence-corrected chi connectivity index (χ3v) is 5.48. The standard InChI is InChI=1S/C24H20N2O3S/c1-16-6-10-20(11-7-16)25-22(27)13-23-26-21(15-30-23)14-29-24(28)19-9-8-17-4-2-3-5-18(17)12-19/h2-12,15H,13-14H2,1H3,(H,25,27). The van der Waals surface area contributed by atoms with Gasteiger partial charge in [-0.1, -0.05) is 48.0 Å². The summed E-state index contributed by atoms with van der Waals surface area (Å²) in [6.45, 7) is 2.07. The Bertz CT molecular complexity index is 1200. The molecule has 0 aliphatic rings. The van der Waals surface area contributed by atoms with Crippen LogP contribution in [0.1, 0.15) is 26.6 Å². The lowest BCUT2D eigenvalue weighted by Gasteiger charge is -2.05. The fraction of sp³-hybridized carbons (Fsp3) is 0.125. The number of anilines is 1. The molecule has 0 unspecified atom stereocenters. The third-order valence-electron chi connectivity index (χ3n) is 4.58. The van der Waals surface area contributed by atoms with E-state index in [4.69, 9.17) is 4.74 Å². The second-order valence-corrected chi connectivity index (χ2v) is 7.90. The van der Waals surface area contributed by atoms with Crippen LogP contribution in [0.15, 0.2) is 72.1 Å². The Morgan fingerprint density at radius 1 is 1.00 bits per heavy atom. The van der Waals surface area contributed by atoms with Gasteiger partial charge in [-0.2, -0.15) is 0 Å². The topological polar surface area (TPSA) is 68.3 Å². The minimum Gasteiger partial charge on any atom is -0.456 e. The van der Waals surface area contributed by atoms with E-state index >= 15 is 0 Å². The van der Waals surface area contributed by atoms with Crippen molar-refractivity contribution in [3.05, 3.63) is 93.9 Å². The van der Waals surface area contributed by atoms with Gasteiger partial charge in [0.15, 0.2) is 0 Å². The van der Waals surface area contributed by atoms with Gasteiger partial charge in [0.05, 0.1) is 17.7 Å². The predicted octanol–water partition coefficient (Wildman–Crippen LogP) is 5.14. The monoisotopic (exact) mass is 416 g/mol. The summed E-state index contributed by atoms with van der Waals surface area (Å²) < 4.78 is 5.39. The number of hydrogen-bond acceptors (Lipinski definition) is 5.